The van der Waals surface area contributed by atoms with Crippen LogP contribution >= 0.6 is 24.8 Å². The number of anilines is 1. The van der Waals surface area contributed by atoms with E-state index in [9.17, 15) is 4.79 Å². The number of nitrogens with zero attached hydrogens (tertiary/aromatic N) is 2. The lowest BCUT2D eigenvalue weighted by atomic mass is 9.98. The lowest BCUT2D eigenvalue weighted by molar-refractivity contribution is -0.121. The van der Waals surface area contributed by atoms with Gasteiger partial charge in [0, 0.05) is 25.1 Å². The van der Waals surface area contributed by atoms with Gasteiger partial charge in [-0.3, -0.25) is 4.79 Å². The van der Waals surface area contributed by atoms with Gasteiger partial charge >= 0.3 is 0 Å². The van der Waals surface area contributed by atoms with E-state index >= 15 is 0 Å². The summed E-state index contributed by atoms with van der Waals surface area (Å²) in [6.45, 7) is 0.404. The van der Waals surface area contributed by atoms with E-state index in [1.165, 1.54) is 0 Å². The average Bonchev–Trinajstić information content (AvgIpc) is 3.16. The molecule has 6 nitrogen and oxygen atoms in total. The number of hydrogen-bond donors (Lipinski definition) is 2. The first-order valence-corrected chi connectivity index (χ1v) is 7.86. The Balaban J connectivity index is 0.00000156. The maximum atomic E-state index is 12.3. The van der Waals surface area contributed by atoms with Gasteiger partial charge in [0.25, 0.3) is 0 Å². The molecule has 25 heavy (non-hydrogen) atoms. The normalized spacial score (nSPS) is 15.0. The number of halogens is 2. The number of carbonyl (C=O) groups is 1. The summed E-state index contributed by atoms with van der Waals surface area (Å²) in [7, 11) is 1.93. The Hall–Kier alpha value is -1.76. The first kappa shape index (κ1) is 21.3. The zero-order valence-electron chi connectivity index (χ0n) is 14.1. The molecule has 1 aliphatic rings. The van der Waals surface area contributed by atoms with E-state index in [2.05, 4.69) is 10.3 Å². The minimum Gasteiger partial charge on any atom is -0.486 e. The fourth-order valence-corrected chi connectivity index (χ4v) is 2.81. The Labute approximate surface area is 160 Å². The van der Waals surface area contributed by atoms with Crippen LogP contribution in [-0.4, -0.2) is 21.0 Å². The number of imidazole rings is 1. The van der Waals surface area contributed by atoms with Gasteiger partial charge in [0.2, 0.25) is 5.91 Å². The molecule has 1 aromatic heterocycles. The third-order valence-corrected chi connectivity index (χ3v) is 4.35. The van der Waals surface area contributed by atoms with Crippen molar-refractivity contribution in [1.82, 2.24) is 9.55 Å². The predicted octanol–water partition coefficient (Wildman–Crippen LogP) is 3.05. The van der Waals surface area contributed by atoms with Crippen LogP contribution in [-0.2, 0) is 18.4 Å². The standard InChI is InChI=1S/C17H22N4O2.2ClH/c1-21-11-10-19-15(21)12-23-14-6-4-13(5-7-14)20-16(22)17(18)8-2-3-9-17;;/h4-7,10-11H,2-3,8-9,12,18H2,1H3,(H,20,22);2*1H. The zero-order valence-corrected chi connectivity index (χ0v) is 15.7. The average molecular weight is 387 g/mol. The number of nitrogens with two attached hydrogens (primary N) is 1. The third kappa shape index (κ3) is 5.11. The molecule has 1 heterocycles. The van der Waals surface area contributed by atoms with Crippen LogP contribution in [0.5, 0.6) is 5.75 Å². The molecule has 3 N–H and O–H groups in total. The topological polar surface area (TPSA) is 82.2 Å². The molecule has 0 atom stereocenters. The van der Waals surface area contributed by atoms with Crippen LogP contribution in [0, 0.1) is 0 Å². The minimum atomic E-state index is -0.715. The number of nitrogens with one attached hydrogen (secondary N) is 1. The van der Waals surface area contributed by atoms with Crippen molar-refractivity contribution in [2.24, 2.45) is 12.8 Å². The van der Waals surface area contributed by atoms with Crippen molar-refractivity contribution in [3.05, 3.63) is 42.5 Å². The quantitative estimate of drug-likeness (QED) is 0.826. The molecule has 0 aliphatic heterocycles. The highest BCUT2D eigenvalue weighted by Crippen LogP contribution is 2.28. The monoisotopic (exact) mass is 386 g/mol. The van der Waals surface area contributed by atoms with Crippen LogP contribution in [0.2, 0.25) is 0 Å². The lowest BCUT2D eigenvalue weighted by Crippen LogP contribution is -2.48. The fraction of sp³-hybridized carbons (Fsp3) is 0.412. The number of amides is 1. The van der Waals surface area contributed by atoms with Crippen LogP contribution in [0.4, 0.5) is 5.69 Å². The van der Waals surface area contributed by atoms with Crippen LogP contribution in [0.15, 0.2) is 36.7 Å². The maximum Gasteiger partial charge on any atom is 0.244 e. The molecule has 0 unspecified atom stereocenters. The first-order valence-electron chi connectivity index (χ1n) is 7.86. The highest BCUT2D eigenvalue weighted by molar-refractivity contribution is 5.98. The number of aromatic nitrogens is 2. The molecule has 0 bridgehead atoms. The van der Waals surface area contributed by atoms with Crippen LogP contribution in [0.1, 0.15) is 31.5 Å². The second-order valence-electron chi connectivity index (χ2n) is 6.08. The van der Waals surface area contributed by atoms with Gasteiger partial charge in [0.1, 0.15) is 18.2 Å². The summed E-state index contributed by atoms with van der Waals surface area (Å²) in [5, 5.41) is 2.89. The van der Waals surface area contributed by atoms with Crippen molar-refractivity contribution < 1.29 is 9.53 Å². The van der Waals surface area contributed by atoms with E-state index in [-0.39, 0.29) is 30.7 Å². The second kappa shape index (κ2) is 9.08. The number of aryl methyl sites for hydroxylation is 1. The van der Waals surface area contributed by atoms with E-state index in [0.717, 1.165) is 42.9 Å². The predicted molar refractivity (Wildman–Crippen MR) is 102 cm³/mol. The fourth-order valence-electron chi connectivity index (χ4n) is 2.81. The first-order chi connectivity index (χ1) is 11.1. The van der Waals surface area contributed by atoms with Gasteiger partial charge in [-0.1, -0.05) is 12.8 Å². The van der Waals surface area contributed by atoms with E-state index < -0.39 is 5.54 Å². The molecule has 8 heteroatoms. The molecule has 2 aromatic rings. The summed E-state index contributed by atoms with van der Waals surface area (Å²) in [5.74, 6) is 1.49. The largest absolute Gasteiger partial charge is 0.486 e. The van der Waals surface area contributed by atoms with Gasteiger partial charge in [-0.05, 0) is 37.1 Å². The van der Waals surface area contributed by atoms with Gasteiger partial charge in [-0.25, -0.2) is 4.98 Å². The van der Waals surface area contributed by atoms with E-state index in [1.54, 1.807) is 6.20 Å². The molecular formula is C17H24Cl2N4O2. The number of ether oxygens (including phenoxy) is 1. The summed E-state index contributed by atoms with van der Waals surface area (Å²) in [5.41, 5.74) is 6.17. The molecule has 1 fully saturated rings. The number of rotatable bonds is 5. The van der Waals surface area contributed by atoms with E-state index in [4.69, 9.17) is 10.5 Å². The van der Waals surface area contributed by atoms with Crippen molar-refractivity contribution in [3.8, 4) is 5.75 Å². The Morgan fingerprint density at radius 1 is 1.28 bits per heavy atom. The Morgan fingerprint density at radius 3 is 2.48 bits per heavy atom. The number of hydrogen-bond acceptors (Lipinski definition) is 4. The summed E-state index contributed by atoms with van der Waals surface area (Å²) in [6.07, 6.45) is 7.16. The van der Waals surface area contributed by atoms with Gasteiger partial charge < -0.3 is 20.4 Å². The molecule has 3 rings (SSSR count). The summed E-state index contributed by atoms with van der Waals surface area (Å²) in [6, 6.07) is 7.31. The lowest BCUT2D eigenvalue weighted by Gasteiger charge is -2.22. The van der Waals surface area contributed by atoms with Crippen LogP contribution in [0.3, 0.4) is 0 Å². The molecule has 0 spiro atoms. The molecule has 1 amide bonds. The summed E-state index contributed by atoms with van der Waals surface area (Å²) >= 11 is 0. The van der Waals surface area contributed by atoms with Crippen molar-refractivity contribution >= 4 is 36.4 Å². The zero-order chi connectivity index (χ0) is 16.3. The molecule has 0 saturated heterocycles. The smallest absolute Gasteiger partial charge is 0.244 e. The highest BCUT2D eigenvalue weighted by Gasteiger charge is 2.36. The minimum absolute atomic E-state index is 0. The number of benzene rings is 1. The van der Waals surface area contributed by atoms with E-state index in [0.29, 0.717) is 6.61 Å². The van der Waals surface area contributed by atoms with Gasteiger partial charge in [0.15, 0.2) is 0 Å². The highest BCUT2D eigenvalue weighted by atomic mass is 35.5. The van der Waals surface area contributed by atoms with Gasteiger partial charge in [0.05, 0.1) is 5.54 Å². The molecular weight excluding hydrogens is 363 g/mol. The maximum absolute atomic E-state index is 12.3. The van der Waals surface area contributed by atoms with Crippen molar-refractivity contribution in [3.63, 3.8) is 0 Å². The molecule has 0 radical (unpaired) electrons. The summed E-state index contributed by atoms with van der Waals surface area (Å²) < 4.78 is 7.60. The van der Waals surface area contributed by atoms with E-state index in [1.807, 2.05) is 42.1 Å². The van der Waals surface area contributed by atoms with Crippen molar-refractivity contribution in [2.45, 2.75) is 37.8 Å². The van der Waals surface area contributed by atoms with Gasteiger partial charge in [-0.2, -0.15) is 0 Å². The van der Waals surface area contributed by atoms with Crippen molar-refractivity contribution in [1.29, 1.82) is 0 Å². The van der Waals surface area contributed by atoms with Crippen LogP contribution in [0.25, 0.3) is 0 Å². The summed E-state index contributed by atoms with van der Waals surface area (Å²) in [4.78, 5) is 16.5. The molecule has 1 aliphatic carbocycles. The molecule has 1 saturated carbocycles. The van der Waals surface area contributed by atoms with Crippen LogP contribution < -0.4 is 15.8 Å². The Kier molecular flexibility index (Phi) is 7.73. The third-order valence-electron chi connectivity index (χ3n) is 4.35. The van der Waals surface area contributed by atoms with Crippen molar-refractivity contribution in [2.75, 3.05) is 5.32 Å². The molecule has 1 aromatic carbocycles. The SMILES string of the molecule is Cl.Cl.Cn1ccnc1COc1ccc(NC(=O)C2(N)CCCC2)cc1. The van der Waals surface area contributed by atoms with Gasteiger partial charge in [-0.15, -0.1) is 24.8 Å². The Morgan fingerprint density at radius 2 is 1.92 bits per heavy atom. The second-order valence-corrected chi connectivity index (χ2v) is 6.08. The Bertz CT molecular complexity index is 682. The number of carbonyl (C=O) groups excluding carboxylic acids is 1. The molecule has 138 valence electrons.